The topological polar surface area (TPSA) is 61.4 Å². The monoisotopic (exact) mass is 385 g/mol. The quantitative estimate of drug-likeness (QED) is 0.856. The Labute approximate surface area is 164 Å². The number of rotatable bonds is 5. The van der Waals surface area contributed by atoms with Gasteiger partial charge in [0.05, 0.1) is 12.1 Å². The number of piperazine rings is 1. The van der Waals surface area contributed by atoms with Crippen molar-refractivity contribution in [2.24, 2.45) is 0 Å². The van der Waals surface area contributed by atoms with Gasteiger partial charge >= 0.3 is 0 Å². The molecule has 0 radical (unpaired) electrons. The van der Waals surface area contributed by atoms with Crippen LogP contribution in [0.25, 0.3) is 0 Å². The highest BCUT2D eigenvalue weighted by atomic mass is 32.1. The van der Waals surface area contributed by atoms with Crippen molar-refractivity contribution in [2.45, 2.75) is 44.6 Å². The van der Waals surface area contributed by atoms with Crippen LogP contribution in [0, 0.1) is 0 Å². The Morgan fingerprint density at radius 2 is 1.96 bits per heavy atom. The fourth-order valence-electron chi connectivity index (χ4n) is 4.04. The first kappa shape index (κ1) is 18.4. The molecule has 2 aliphatic rings. The Morgan fingerprint density at radius 1 is 1.15 bits per heavy atom. The Kier molecular flexibility index (Phi) is 5.99. The number of anilines is 2. The fraction of sp³-hybridized carbons (Fsp3) is 0.550. The van der Waals surface area contributed by atoms with E-state index < -0.39 is 0 Å². The van der Waals surface area contributed by atoms with E-state index in [2.05, 4.69) is 20.2 Å². The molecule has 1 N–H and O–H groups in total. The third kappa shape index (κ3) is 4.84. The Morgan fingerprint density at radius 3 is 2.70 bits per heavy atom. The van der Waals surface area contributed by atoms with Gasteiger partial charge in [-0.2, -0.15) is 0 Å². The summed E-state index contributed by atoms with van der Waals surface area (Å²) in [4.78, 5) is 26.0. The summed E-state index contributed by atoms with van der Waals surface area (Å²) >= 11 is 1.51. The van der Waals surface area contributed by atoms with Gasteiger partial charge in [-0.15, -0.1) is 11.3 Å². The van der Waals surface area contributed by atoms with E-state index in [0.29, 0.717) is 6.42 Å². The molecule has 0 unspecified atom stereocenters. The Bertz CT molecular complexity index is 736. The molecule has 27 heavy (non-hydrogen) atoms. The third-order valence-corrected chi connectivity index (χ3v) is 6.35. The summed E-state index contributed by atoms with van der Waals surface area (Å²) in [6.45, 7) is 3.72. The summed E-state index contributed by atoms with van der Waals surface area (Å²) in [5.74, 6) is 0.955. The van der Waals surface area contributed by atoms with E-state index in [-0.39, 0.29) is 5.91 Å². The van der Waals surface area contributed by atoms with Crippen LogP contribution >= 0.6 is 11.3 Å². The second-order valence-electron chi connectivity index (χ2n) is 7.37. The molecule has 4 rings (SSSR count). The molecule has 1 saturated carbocycles. The summed E-state index contributed by atoms with van der Waals surface area (Å²) in [5, 5.41) is 5.92. The molecule has 3 heterocycles. The second kappa shape index (κ2) is 8.80. The van der Waals surface area contributed by atoms with Crippen molar-refractivity contribution in [3.8, 4) is 0 Å². The highest BCUT2D eigenvalue weighted by molar-refractivity contribution is 7.13. The first-order valence-electron chi connectivity index (χ1n) is 9.92. The van der Waals surface area contributed by atoms with Crippen LogP contribution in [0.5, 0.6) is 0 Å². The van der Waals surface area contributed by atoms with Crippen molar-refractivity contribution < 1.29 is 4.79 Å². The molecule has 1 aliphatic heterocycles. The van der Waals surface area contributed by atoms with Gasteiger partial charge in [-0.25, -0.2) is 9.97 Å². The van der Waals surface area contributed by atoms with Gasteiger partial charge in [0, 0.05) is 43.8 Å². The molecule has 0 aromatic carbocycles. The lowest BCUT2D eigenvalue weighted by Gasteiger charge is -2.40. The first-order chi connectivity index (χ1) is 13.3. The van der Waals surface area contributed by atoms with Crippen LogP contribution in [-0.4, -0.2) is 57.9 Å². The second-order valence-corrected chi connectivity index (χ2v) is 8.23. The molecular formula is C20H27N5OS. The number of nitrogens with one attached hydrogen (secondary N) is 1. The number of aromatic nitrogens is 2. The van der Waals surface area contributed by atoms with E-state index >= 15 is 0 Å². The van der Waals surface area contributed by atoms with Crippen LogP contribution in [0.1, 0.15) is 37.8 Å². The van der Waals surface area contributed by atoms with E-state index in [4.69, 9.17) is 0 Å². The van der Waals surface area contributed by atoms with Crippen LogP contribution in [-0.2, 0) is 11.2 Å². The molecule has 6 nitrogen and oxygen atoms in total. The number of thiazole rings is 1. The maximum absolute atomic E-state index is 12.7. The molecular weight excluding hydrogens is 358 g/mol. The smallest absolute Gasteiger partial charge is 0.228 e. The van der Waals surface area contributed by atoms with Gasteiger partial charge in [-0.3, -0.25) is 9.69 Å². The van der Waals surface area contributed by atoms with Gasteiger partial charge in [0.2, 0.25) is 5.91 Å². The Hall–Kier alpha value is -1.99. The summed E-state index contributed by atoms with van der Waals surface area (Å²) in [6, 6.07) is 6.46. The van der Waals surface area contributed by atoms with Gasteiger partial charge in [0.1, 0.15) is 5.82 Å². The van der Waals surface area contributed by atoms with E-state index in [1.807, 2.05) is 28.5 Å². The zero-order chi connectivity index (χ0) is 18.5. The number of pyridine rings is 1. The fourth-order valence-corrected chi connectivity index (χ4v) is 4.76. The number of nitrogens with zero attached hydrogens (tertiary/aromatic N) is 4. The summed E-state index contributed by atoms with van der Waals surface area (Å²) < 4.78 is 0. The van der Waals surface area contributed by atoms with Gasteiger partial charge in [0.25, 0.3) is 0 Å². The molecule has 2 fully saturated rings. The van der Waals surface area contributed by atoms with Gasteiger partial charge < -0.3 is 10.2 Å². The van der Waals surface area contributed by atoms with Crippen molar-refractivity contribution >= 4 is 28.2 Å². The van der Waals surface area contributed by atoms with Crippen molar-refractivity contribution in [3.63, 3.8) is 0 Å². The van der Waals surface area contributed by atoms with Crippen molar-refractivity contribution in [2.75, 3.05) is 31.5 Å². The van der Waals surface area contributed by atoms with Crippen LogP contribution in [0.2, 0.25) is 0 Å². The van der Waals surface area contributed by atoms with Crippen LogP contribution in [0.3, 0.4) is 0 Å². The lowest BCUT2D eigenvalue weighted by molar-refractivity contribution is -0.132. The predicted octanol–water partition coefficient (Wildman–Crippen LogP) is 3.30. The average Bonchev–Trinajstić information content (AvgIpc) is 3.16. The summed E-state index contributed by atoms with van der Waals surface area (Å²) in [7, 11) is 0. The predicted molar refractivity (Wildman–Crippen MR) is 108 cm³/mol. The van der Waals surface area contributed by atoms with Crippen molar-refractivity contribution in [1.82, 2.24) is 19.8 Å². The molecule has 2 aromatic heterocycles. The number of hydrogen-bond donors (Lipinski definition) is 1. The highest BCUT2D eigenvalue weighted by Gasteiger charge is 2.27. The van der Waals surface area contributed by atoms with Gasteiger partial charge in [-0.05, 0) is 25.0 Å². The van der Waals surface area contributed by atoms with Gasteiger partial charge in [-0.1, -0.05) is 25.3 Å². The molecule has 0 atom stereocenters. The number of carbonyl (C=O) groups excluding carboxylic acids is 1. The minimum atomic E-state index is 0.188. The molecule has 2 aromatic rings. The van der Waals surface area contributed by atoms with Crippen LogP contribution < -0.4 is 5.32 Å². The molecule has 0 bridgehead atoms. The maximum Gasteiger partial charge on any atom is 0.228 e. The molecule has 144 valence electrons. The van der Waals surface area contributed by atoms with E-state index in [0.717, 1.165) is 48.9 Å². The van der Waals surface area contributed by atoms with E-state index in [1.165, 1.54) is 43.4 Å². The van der Waals surface area contributed by atoms with E-state index in [9.17, 15) is 4.79 Å². The van der Waals surface area contributed by atoms with Crippen LogP contribution in [0.15, 0.2) is 29.8 Å². The number of hydrogen-bond acceptors (Lipinski definition) is 6. The summed E-state index contributed by atoms with van der Waals surface area (Å²) in [5.41, 5.74) is 0.832. The first-order valence-corrected chi connectivity index (χ1v) is 10.8. The number of carbonyl (C=O) groups is 1. The van der Waals surface area contributed by atoms with Gasteiger partial charge in [0.15, 0.2) is 5.13 Å². The molecule has 1 aliphatic carbocycles. The molecule has 1 saturated heterocycles. The zero-order valence-corrected chi connectivity index (χ0v) is 16.5. The largest absolute Gasteiger partial charge is 0.340 e. The standard InChI is InChI=1S/C20H27N5OS/c26-19(25-12-10-24(11-13-25)17-6-2-1-3-7-17)14-16-15-27-20(22-16)23-18-8-4-5-9-21-18/h4-5,8-9,15,17H,1-3,6-7,10-14H2,(H,21,22,23). The number of amides is 1. The normalized spacial score (nSPS) is 19.2. The van der Waals surface area contributed by atoms with Crippen molar-refractivity contribution in [3.05, 3.63) is 35.5 Å². The van der Waals surface area contributed by atoms with Crippen LogP contribution in [0.4, 0.5) is 10.9 Å². The molecule has 1 amide bonds. The maximum atomic E-state index is 12.7. The molecule has 0 spiro atoms. The van der Waals surface area contributed by atoms with Crippen molar-refractivity contribution in [1.29, 1.82) is 0 Å². The SMILES string of the molecule is O=C(Cc1csc(Nc2ccccn2)n1)N1CCN(C2CCCCC2)CC1. The zero-order valence-electron chi connectivity index (χ0n) is 15.6. The average molecular weight is 386 g/mol. The van der Waals surface area contributed by atoms with E-state index in [1.54, 1.807) is 6.20 Å². The molecule has 7 heteroatoms. The Balaban J connectivity index is 1.26. The minimum Gasteiger partial charge on any atom is -0.340 e. The lowest BCUT2D eigenvalue weighted by atomic mass is 9.94. The third-order valence-electron chi connectivity index (χ3n) is 5.54. The highest BCUT2D eigenvalue weighted by Crippen LogP contribution is 2.24. The summed E-state index contributed by atoms with van der Waals surface area (Å²) in [6.07, 6.45) is 8.90. The minimum absolute atomic E-state index is 0.188. The lowest BCUT2D eigenvalue weighted by Crippen LogP contribution is -2.52.